The number of hydrogen-bond donors (Lipinski definition) is 1. The molecule has 5 heteroatoms. The van der Waals surface area contributed by atoms with Gasteiger partial charge in [0.2, 0.25) is 5.95 Å². The molecule has 0 spiro atoms. The normalized spacial score (nSPS) is 28.9. The lowest BCUT2D eigenvalue weighted by molar-refractivity contribution is 0.243. The van der Waals surface area contributed by atoms with E-state index in [1.807, 2.05) is 0 Å². The van der Waals surface area contributed by atoms with Crippen LogP contribution >= 0.6 is 0 Å². The topological polar surface area (TPSA) is 41.1 Å². The van der Waals surface area contributed by atoms with Crippen molar-refractivity contribution in [3.63, 3.8) is 0 Å². The molecule has 1 aromatic rings. The molecule has 1 aromatic heterocycles. The summed E-state index contributed by atoms with van der Waals surface area (Å²) in [6.07, 6.45) is 6.14. The molecule has 0 amide bonds. The Bertz CT molecular complexity index is 381. The van der Waals surface area contributed by atoms with Crippen LogP contribution in [0.2, 0.25) is 0 Å². The van der Waals surface area contributed by atoms with E-state index in [9.17, 15) is 4.39 Å². The Hall–Kier alpha value is -1.23. The largest absolute Gasteiger partial charge is 0.340 e. The van der Waals surface area contributed by atoms with Crippen LogP contribution in [0.25, 0.3) is 0 Å². The molecular formula is C12H17FN4. The quantitative estimate of drug-likeness (QED) is 0.795. The van der Waals surface area contributed by atoms with Gasteiger partial charge in [-0.05, 0) is 31.7 Å². The summed E-state index contributed by atoms with van der Waals surface area (Å²) in [6, 6.07) is 0.653. The number of anilines is 1. The summed E-state index contributed by atoms with van der Waals surface area (Å²) in [7, 11) is 0. The maximum absolute atomic E-state index is 12.8. The second kappa shape index (κ2) is 4.56. The minimum absolute atomic E-state index is 0.372. The molecule has 2 unspecified atom stereocenters. The molecule has 0 saturated carbocycles. The van der Waals surface area contributed by atoms with Crippen LogP contribution < -0.4 is 10.2 Å². The maximum atomic E-state index is 12.8. The van der Waals surface area contributed by atoms with E-state index in [0.29, 0.717) is 17.9 Å². The number of nitrogens with one attached hydrogen (secondary N) is 1. The fourth-order valence-corrected chi connectivity index (χ4v) is 2.90. The summed E-state index contributed by atoms with van der Waals surface area (Å²) in [5, 5.41) is 3.57. The fraction of sp³-hybridized carbons (Fsp3) is 0.667. The number of nitrogens with zero attached hydrogens (tertiary/aromatic N) is 3. The average Bonchev–Trinajstić information content (AvgIpc) is 2.39. The summed E-state index contributed by atoms with van der Waals surface area (Å²) in [5.41, 5.74) is 0. The fourth-order valence-electron chi connectivity index (χ4n) is 2.90. The van der Waals surface area contributed by atoms with Gasteiger partial charge in [-0.2, -0.15) is 0 Å². The zero-order valence-electron chi connectivity index (χ0n) is 9.77. The number of piperidine rings is 2. The first-order valence-corrected chi connectivity index (χ1v) is 6.29. The van der Waals surface area contributed by atoms with Crippen molar-refractivity contribution < 1.29 is 4.39 Å². The molecule has 3 rings (SSSR count). The summed E-state index contributed by atoms with van der Waals surface area (Å²) in [4.78, 5) is 10.3. The second-order valence-corrected chi connectivity index (χ2v) is 4.90. The first kappa shape index (κ1) is 10.9. The zero-order valence-corrected chi connectivity index (χ0v) is 9.77. The Labute approximate surface area is 100 Å². The first-order chi connectivity index (χ1) is 8.33. The van der Waals surface area contributed by atoms with Gasteiger partial charge in [0.25, 0.3) is 0 Å². The van der Waals surface area contributed by atoms with Gasteiger partial charge in [0, 0.05) is 19.1 Å². The summed E-state index contributed by atoms with van der Waals surface area (Å²) < 4.78 is 12.8. The standard InChI is InChI=1S/C12H17FN4/c13-10-6-15-12(16-7-10)17-5-3-11-9(8-17)2-1-4-14-11/h6-7,9,11,14H,1-5,8H2. The van der Waals surface area contributed by atoms with E-state index in [1.54, 1.807) is 0 Å². The molecule has 2 atom stereocenters. The van der Waals surface area contributed by atoms with Crippen molar-refractivity contribution in [2.24, 2.45) is 5.92 Å². The van der Waals surface area contributed by atoms with Gasteiger partial charge in [-0.3, -0.25) is 0 Å². The van der Waals surface area contributed by atoms with Crippen molar-refractivity contribution in [1.29, 1.82) is 0 Å². The van der Waals surface area contributed by atoms with Crippen molar-refractivity contribution in [3.8, 4) is 0 Å². The van der Waals surface area contributed by atoms with Crippen LogP contribution in [0.5, 0.6) is 0 Å². The minimum atomic E-state index is -0.372. The average molecular weight is 236 g/mol. The Morgan fingerprint density at radius 3 is 2.94 bits per heavy atom. The van der Waals surface area contributed by atoms with E-state index in [-0.39, 0.29) is 5.82 Å². The van der Waals surface area contributed by atoms with Crippen LogP contribution in [0.3, 0.4) is 0 Å². The van der Waals surface area contributed by atoms with E-state index >= 15 is 0 Å². The van der Waals surface area contributed by atoms with Gasteiger partial charge < -0.3 is 10.2 Å². The van der Waals surface area contributed by atoms with Crippen LogP contribution in [0.15, 0.2) is 12.4 Å². The van der Waals surface area contributed by atoms with E-state index in [4.69, 9.17) is 0 Å². The van der Waals surface area contributed by atoms with Gasteiger partial charge in [0.15, 0.2) is 5.82 Å². The van der Waals surface area contributed by atoms with Gasteiger partial charge in [-0.15, -0.1) is 0 Å². The number of rotatable bonds is 1. The second-order valence-electron chi connectivity index (χ2n) is 4.90. The van der Waals surface area contributed by atoms with Crippen molar-refractivity contribution in [3.05, 3.63) is 18.2 Å². The Balaban J connectivity index is 1.71. The molecule has 0 radical (unpaired) electrons. The summed E-state index contributed by atoms with van der Waals surface area (Å²) >= 11 is 0. The molecule has 2 saturated heterocycles. The summed E-state index contributed by atoms with van der Waals surface area (Å²) in [5.74, 6) is 0.976. The molecule has 92 valence electrons. The van der Waals surface area contributed by atoms with Gasteiger partial charge in [0.1, 0.15) is 0 Å². The Morgan fingerprint density at radius 2 is 2.12 bits per heavy atom. The van der Waals surface area contributed by atoms with Crippen molar-refractivity contribution in [1.82, 2.24) is 15.3 Å². The van der Waals surface area contributed by atoms with Crippen molar-refractivity contribution >= 4 is 5.95 Å². The molecule has 2 aliphatic rings. The lowest BCUT2D eigenvalue weighted by Gasteiger charge is -2.41. The van der Waals surface area contributed by atoms with Gasteiger partial charge in [-0.1, -0.05) is 0 Å². The minimum Gasteiger partial charge on any atom is -0.340 e. The highest BCUT2D eigenvalue weighted by molar-refractivity contribution is 5.30. The summed E-state index contributed by atoms with van der Waals surface area (Å²) in [6.45, 7) is 3.09. The third-order valence-electron chi connectivity index (χ3n) is 3.78. The number of halogens is 1. The molecule has 17 heavy (non-hydrogen) atoms. The third-order valence-corrected chi connectivity index (χ3v) is 3.78. The molecule has 4 nitrogen and oxygen atoms in total. The molecule has 2 aliphatic heterocycles. The highest BCUT2D eigenvalue weighted by Crippen LogP contribution is 2.26. The smallest absolute Gasteiger partial charge is 0.225 e. The number of fused-ring (bicyclic) bond motifs is 1. The predicted molar refractivity (Wildman–Crippen MR) is 63.3 cm³/mol. The molecule has 1 N–H and O–H groups in total. The first-order valence-electron chi connectivity index (χ1n) is 6.29. The zero-order chi connectivity index (χ0) is 11.7. The Kier molecular flexibility index (Phi) is 2.93. The Morgan fingerprint density at radius 1 is 1.29 bits per heavy atom. The number of aromatic nitrogens is 2. The van der Waals surface area contributed by atoms with Crippen LogP contribution in [0, 0.1) is 11.7 Å². The monoisotopic (exact) mass is 236 g/mol. The third kappa shape index (κ3) is 2.24. The van der Waals surface area contributed by atoms with E-state index in [2.05, 4.69) is 20.2 Å². The van der Waals surface area contributed by atoms with Crippen LogP contribution in [0.4, 0.5) is 10.3 Å². The number of hydrogen-bond acceptors (Lipinski definition) is 4. The van der Waals surface area contributed by atoms with Crippen LogP contribution in [-0.2, 0) is 0 Å². The molecule has 0 aromatic carbocycles. The van der Waals surface area contributed by atoms with Gasteiger partial charge in [0.05, 0.1) is 12.4 Å². The van der Waals surface area contributed by atoms with Gasteiger partial charge >= 0.3 is 0 Å². The lowest BCUT2D eigenvalue weighted by Crippen LogP contribution is -2.52. The highest BCUT2D eigenvalue weighted by Gasteiger charge is 2.31. The SMILES string of the molecule is Fc1cnc(N2CCC3NCCCC3C2)nc1. The van der Waals surface area contributed by atoms with E-state index in [1.165, 1.54) is 25.2 Å². The molecule has 2 fully saturated rings. The molecule has 3 heterocycles. The van der Waals surface area contributed by atoms with Crippen LogP contribution in [0.1, 0.15) is 19.3 Å². The molecule has 0 aliphatic carbocycles. The van der Waals surface area contributed by atoms with Crippen molar-refractivity contribution in [2.75, 3.05) is 24.5 Å². The van der Waals surface area contributed by atoms with Gasteiger partial charge in [-0.25, -0.2) is 14.4 Å². The van der Waals surface area contributed by atoms with Crippen molar-refractivity contribution in [2.45, 2.75) is 25.3 Å². The van der Waals surface area contributed by atoms with E-state index < -0.39 is 0 Å². The highest BCUT2D eigenvalue weighted by atomic mass is 19.1. The van der Waals surface area contributed by atoms with E-state index in [0.717, 1.165) is 26.1 Å². The van der Waals surface area contributed by atoms with Crippen LogP contribution in [-0.4, -0.2) is 35.6 Å². The maximum Gasteiger partial charge on any atom is 0.225 e. The molecular weight excluding hydrogens is 219 g/mol. The lowest BCUT2D eigenvalue weighted by atomic mass is 9.85. The predicted octanol–water partition coefficient (Wildman–Crippen LogP) is 1.19. The molecule has 0 bridgehead atoms.